The number of phenolic OH excluding ortho intramolecular Hbond substituents is 1. The number of nitrogens with zero attached hydrogens (tertiary/aromatic N) is 1. The number of carbonyl (C=O) groups excluding carboxylic acids is 1. The molecule has 1 aromatic rings. The van der Waals surface area contributed by atoms with E-state index in [0.29, 0.717) is 12.0 Å². The van der Waals surface area contributed by atoms with E-state index in [1.165, 1.54) is 13.1 Å². The minimum absolute atomic E-state index is 0.0108. The zero-order valence-corrected chi connectivity index (χ0v) is 10.1. The van der Waals surface area contributed by atoms with E-state index in [4.69, 9.17) is 5.73 Å². The van der Waals surface area contributed by atoms with Gasteiger partial charge in [0.15, 0.2) is 11.8 Å². The van der Waals surface area contributed by atoms with Crippen LogP contribution in [0.2, 0.25) is 0 Å². The number of carbonyl (C=O) groups is 1. The Labute approximate surface area is 104 Å². The van der Waals surface area contributed by atoms with Gasteiger partial charge in [0.2, 0.25) is 0 Å². The molecule has 0 aliphatic heterocycles. The zero-order chi connectivity index (χ0) is 13.7. The molecule has 98 valence electrons. The highest BCUT2D eigenvalue weighted by molar-refractivity contribution is 6.02. The van der Waals surface area contributed by atoms with E-state index in [1.807, 2.05) is 0 Å². The van der Waals surface area contributed by atoms with Crippen molar-refractivity contribution < 1.29 is 14.3 Å². The molecule has 0 fully saturated rings. The molecule has 6 nitrogen and oxygen atoms in total. The molecule has 5 N–H and O–H groups in total. The summed E-state index contributed by atoms with van der Waals surface area (Å²) in [6.07, 6.45) is 0.457. The van der Waals surface area contributed by atoms with Gasteiger partial charge in [-0.05, 0) is 18.1 Å². The standard InChI is InChI=1S/C11H15FN4O2/c1-3-6-4-7(17)5-8(12)9(6)15-11(18)16-10(13)14-2/h4-5,17H,3H2,1-2H3,(H4,13,14,15,16,18). The molecule has 0 saturated heterocycles. The highest BCUT2D eigenvalue weighted by atomic mass is 19.1. The van der Waals surface area contributed by atoms with E-state index in [9.17, 15) is 14.3 Å². The van der Waals surface area contributed by atoms with Crippen LogP contribution in [0.3, 0.4) is 0 Å². The monoisotopic (exact) mass is 254 g/mol. The molecule has 0 spiro atoms. The molecule has 0 aliphatic carbocycles. The summed E-state index contributed by atoms with van der Waals surface area (Å²) in [6.45, 7) is 1.78. The Morgan fingerprint density at radius 3 is 2.78 bits per heavy atom. The van der Waals surface area contributed by atoms with Crippen LogP contribution in [0.5, 0.6) is 5.75 Å². The molecule has 18 heavy (non-hydrogen) atoms. The normalized spacial score (nSPS) is 11.2. The number of aliphatic imine (C=N–C) groups is 1. The van der Waals surface area contributed by atoms with Crippen LogP contribution in [-0.4, -0.2) is 24.1 Å². The van der Waals surface area contributed by atoms with Crippen LogP contribution in [0.4, 0.5) is 14.9 Å². The SMILES string of the molecule is CCc1cc(O)cc(F)c1NC(=O)NC(N)=NC. The average molecular weight is 254 g/mol. The molecule has 7 heteroatoms. The van der Waals surface area contributed by atoms with Crippen LogP contribution in [0.1, 0.15) is 12.5 Å². The Balaban J connectivity index is 2.93. The Hall–Kier alpha value is -2.31. The van der Waals surface area contributed by atoms with Crippen LogP contribution in [0.25, 0.3) is 0 Å². The van der Waals surface area contributed by atoms with E-state index in [0.717, 1.165) is 6.07 Å². The second-order valence-corrected chi connectivity index (χ2v) is 3.50. The first kappa shape index (κ1) is 13.8. The lowest BCUT2D eigenvalue weighted by Gasteiger charge is -2.12. The van der Waals surface area contributed by atoms with Gasteiger partial charge in [0.05, 0.1) is 5.69 Å². The molecular formula is C11H15FN4O2. The lowest BCUT2D eigenvalue weighted by Crippen LogP contribution is -2.39. The smallest absolute Gasteiger partial charge is 0.326 e. The topological polar surface area (TPSA) is 99.7 Å². The third-order valence-corrected chi connectivity index (χ3v) is 2.26. The van der Waals surface area contributed by atoms with Crippen LogP contribution < -0.4 is 16.4 Å². The average Bonchev–Trinajstić information content (AvgIpc) is 2.31. The van der Waals surface area contributed by atoms with Crippen LogP contribution >= 0.6 is 0 Å². The van der Waals surface area contributed by atoms with E-state index < -0.39 is 11.8 Å². The Morgan fingerprint density at radius 1 is 1.56 bits per heavy atom. The summed E-state index contributed by atoms with van der Waals surface area (Å²) in [4.78, 5) is 15.0. The number of guanidine groups is 1. The van der Waals surface area contributed by atoms with Crippen molar-refractivity contribution in [3.05, 3.63) is 23.5 Å². The minimum atomic E-state index is -0.714. The zero-order valence-electron chi connectivity index (χ0n) is 10.1. The highest BCUT2D eigenvalue weighted by Gasteiger charge is 2.13. The first-order valence-electron chi connectivity index (χ1n) is 5.29. The number of hydrogen-bond donors (Lipinski definition) is 4. The van der Waals surface area contributed by atoms with E-state index in [-0.39, 0.29) is 17.4 Å². The van der Waals surface area contributed by atoms with Crippen molar-refractivity contribution in [2.75, 3.05) is 12.4 Å². The van der Waals surface area contributed by atoms with E-state index >= 15 is 0 Å². The number of phenols is 1. The fourth-order valence-electron chi connectivity index (χ4n) is 1.38. The maximum absolute atomic E-state index is 13.6. The van der Waals surface area contributed by atoms with Gasteiger partial charge in [-0.25, -0.2) is 9.18 Å². The van der Waals surface area contributed by atoms with Gasteiger partial charge in [-0.1, -0.05) is 6.92 Å². The number of aromatic hydroxyl groups is 1. The molecule has 1 aromatic carbocycles. The lowest BCUT2D eigenvalue weighted by atomic mass is 10.1. The summed E-state index contributed by atoms with van der Waals surface area (Å²) in [5.74, 6) is -0.983. The summed E-state index contributed by atoms with van der Waals surface area (Å²) < 4.78 is 13.6. The second kappa shape index (κ2) is 5.85. The Morgan fingerprint density at radius 2 is 2.22 bits per heavy atom. The third-order valence-electron chi connectivity index (χ3n) is 2.26. The minimum Gasteiger partial charge on any atom is -0.508 e. The van der Waals surface area contributed by atoms with Crippen molar-refractivity contribution in [1.82, 2.24) is 5.32 Å². The van der Waals surface area contributed by atoms with Crippen LogP contribution in [0, 0.1) is 5.82 Å². The number of nitrogens with one attached hydrogen (secondary N) is 2. The summed E-state index contributed by atoms with van der Waals surface area (Å²) in [7, 11) is 1.41. The molecule has 0 aliphatic rings. The quantitative estimate of drug-likeness (QED) is 0.362. The number of anilines is 1. The van der Waals surface area contributed by atoms with Gasteiger partial charge < -0.3 is 16.2 Å². The summed E-state index contributed by atoms with van der Waals surface area (Å²) >= 11 is 0. The van der Waals surface area contributed by atoms with E-state index in [1.54, 1.807) is 6.92 Å². The Kier molecular flexibility index (Phi) is 4.47. The van der Waals surface area contributed by atoms with Gasteiger partial charge in [-0.3, -0.25) is 10.3 Å². The number of urea groups is 1. The highest BCUT2D eigenvalue weighted by Crippen LogP contribution is 2.25. The fraction of sp³-hybridized carbons (Fsp3) is 0.273. The number of hydrogen-bond acceptors (Lipinski definition) is 3. The maximum atomic E-state index is 13.6. The fourth-order valence-corrected chi connectivity index (χ4v) is 1.38. The first-order valence-corrected chi connectivity index (χ1v) is 5.29. The second-order valence-electron chi connectivity index (χ2n) is 3.50. The van der Waals surface area contributed by atoms with Gasteiger partial charge >= 0.3 is 6.03 Å². The van der Waals surface area contributed by atoms with Crippen molar-refractivity contribution in [3.63, 3.8) is 0 Å². The molecule has 0 radical (unpaired) electrons. The van der Waals surface area contributed by atoms with E-state index in [2.05, 4.69) is 15.6 Å². The van der Waals surface area contributed by atoms with Crippen molar-refractivity contribution in [2.24, 2.45) is 10.7 Å². The number of amides is 2. The number of nitrogens with two attached hydrogens (primary N) is 1. The summed E-state index contributed by atoms with van der Waals surface area (Å²) in [6, 6.07) is 1.61. The van der Waals surface area contributed by atoms with Crippen molar-refractivity contribution >= 4 is 17.7 Å². The van der Waals surface area contributed by atoms with Gasteiger partial charge in [-0.2, -0.15) is 0 Å². The van der Waals surface area contributed by atoms with Gasteiger partial charge in [0.25, 0.3) is 0 Å². The molecule has 0 bridgehead atoms. The van der Waals surface area contributed by atoms with Crippen LogP contribution in [-0.2, 0) is 6.42 Å². The molecule has 0 heterocycles. The number of rotatable bonds is 2. The number of benzene rings is 1. The predicted molar refractivity (Wildman–Crippen MR) is 67.1 cm³/mol. The van der Waals surface area contributed by atoms with Crippen molar-refractivity contribution in [3.8, 4) is 5.75 Å². The number of aryl methyl sites for hydroxylation is 1. The van der Waals surface area contributed by atoms with Gasteiger partial charge in [0.1, 0.15) is 5.75 Å². The Bertz CT molecular complexity index is 488. The third kappa shape index (κ3) is 3.34. The molecule has 0 unspecified atom stereocenters. The molecule has 0 atom stereocenters. The molecular weight excluding hydrogens is 239 g/mol. The summed E-state index contributed by atoms with van der Waals surface area (Å²) in [5, 5.41) is 13.8. The molecule has 0 aromatic heterocycles. The van der Waals surface area contributed by atoms with Crippen molar-refractivity contribution in [1.29, 1.82) is 0 Å². The molecule has 0 saturated carbocycles. The largest absolute Gasteiger partial charge is 0.508 e. The summed E-state index contributed by atoms with van der Waals surface area (Å²) in [5.41, 5.74) is 5.80. The van der Waals surface area contributed by atoms with Gasteiger partial charge in [-0.15, -0.1) is 0 Å². The van der Waals surface area contributed by atoms with Gasteiger partial charge in [0, 0.05) is 13.1 Å². The molecule has 1 rings (SSSR count). The van der Waals surface area contributed by atoms with Crippen LogP contribution in [0.15, 0.2) is 17.1 Å². The maximum Gasteiger partial charge on any atom is 0.326 e. The predicted octanol–water partition coefficient (Wildman–Crippen LogP) is 1.16. The number of halogens is 1. The first-order chi connectivity index (χ1) is 8.47. The lowest BCUT2D eigenvalue weighted by molar-refractivity contribution is 0.256. The van der Waals surface area contributed by atoms with Crippen molar-refractivity contribution in [2.45, 2.75) is 13.3 Å². The molecule has 2 amide bonds.